The van der Waals surface area contributed by atoms with Crippen molar-refractivity contribution in [3.63, 3.8) is 0 Å². The monoisotopic (exact) mass is 1840 g/mol. The molecular weight excluding hydrogens is 1700 g/mol. The Kier molecular flexibility index (Phi) is 52.7. The van der Waals surface area contributed by atoms with Gasteiger partial charge in [0.25, 0.3) is 0 Å². The zero-order chi connectivity index (χ0) is 98.4. The molecule has 1 heterocycles. The van der Waals surface area contributed by atoms with Gasteiger partial charge in [0, 0.05) is 32.4 Å². The fourth-order valence-corrected chi connectivity index (χ4v) is 12.9. The first kappa shape index (κ1) is 115. The molecule has 50 nitrogen and oxygen atoms in total. The van der Waals surface area contributed by atoms with Gasteiger partial charge < -0.3 is 149 Å². The second-order valence-electron chi connectivity index (χ2n) is 33.4. The summed E-state index contributed by atoms with van der Waals surface area (Å²) in [5.41, 5.74) is 27.8. The number of unbranched alkanes of at least 4 members (excludes halogenated alkanes) is 1. The summed E-state index contributed by atoms with van der Waals surface area (Å²) < 4.78 is 0. The minimum Gasteiger partial charge on any atom is -0.481 e. The summed E-state index contributed by atoms with van der Waals surface area (Å²) >= 11 is 0. The first-order chi connectivity index (χ1) is 60.3. The number of likely N-dealkylation sites (tertiary alicyclic amines) is 1. The molecule has 19 amide bonds. The number of carboxylic acid groups (broad SMARTS) is 2. The molecule has 0 saturated carbocycles. The highest BCUT2D eigenvalue weighted by atomic mass is 16.4. The van der Waals surface area contributed by atoms with E-state index in [4.69, 9.17) is 34.1 Å². The number of nitrogens with one attached hydrogen (secondary N) is 18. The number of rotatable bonds is 62. The summed E-state index contributed by atoms with van der Waals surface area (Å²) in [5, 5.41) is 97.3. The Balaban J connectivity index is 3.28. The molecule has 0 bridgehead atoms. The van der Waals surface area contributed by atoms with Crippen LogP contribution in [-0.2, 0) is 101 Å². The molecule has 730 valence electrons. The summed E-state index contributed by atoms with van der Waals surface area (Å²) in [6.07, 6.45) is -2.00. The predicted octanol–water partition coefficient (Wildman–Crippen LogP) is -10.3. The fourth-order valence-electron chi connectivity index (χ4n) is 12.9. The number of primary amides is 2. The highest BCUT2D eigenvalue weighted by molar-refractivity contribution is 6.01. The normalized spacial score (nSPS) is 15.9. The molecule has 33 N–H and O–H groups in total. The van der Waals surface area contributed by atoms with Crippen LogP contribution in [0.25, 0.3) is 0 Å². The molecule has 0 aliphatic carbocycles. The van der Waals surface area contributed by atoms with Crippen LogP contribution in [0.4, 0.5) is 0 Å². The maximum absolute atomic E-state index is 14.6. The van der Waals surface area contributed by atoms with E-state index < -0.39 is 304 Å². The number of hydrogen-bond acceptors (Lipinski definition) is 27. The fraction of sp³-hybridized carbons (Fsp3) is 0.722. The molecule has 1 rings (SSSR count). The number of aliphatic hydroxyl groups excluding tert-OH is 3. The standard InChI is InChI=1S/C79H138N24O26/c1-37(2)29-44(81)65(115)92-46(20-23-56(82)107)68(118)93-47(21-24-57(83)108)70(120)99-52(34-104)66(116)87-32-58(109)89-42(11)63(113)91-48(22-25-60(111)112)69(119)97-51(31-39(5)6)72(122)101-62(41(9)10)76(126)95-49(17-13-14-26-80)77(127)103-28-16-19-55(103)74(124)88-33-59(110)90-43(12)64(114)98-53(35-105)73(123)102-61(40(7)8)75(125)94-45(18-15-27-86-79(84)85)67(117)96-50(30-38(3)4)71(121)100-54(36-106)78(128)129/h37-55,61-62,104-106H,13-36,80-81H2,1-12H3,(H2,82,107)(H2,83,108)(H,87,116)(H,88,124)(H,89,109)(H,90,110)(H,91,113)(H,92,115)(H,93,118)(H,94,125)(H,95,126)(H,96,117)(H,97,119)(H,98,114)(H,99,120)(H,100,121)(H,101,122)(H,102,123)(H,111,112)(H,128,129)(H4,84,85,86)/t42-,43-,44-,45-,46-,47-,48-,49-,50-,51-,52-,53-,54-,55-,61-,62-/m0/s1. The zero-order valence-electron chi connectivity index (χ0n) is 75.2. The highest BCUT2D eigenvalue weighted by Gasteiger charge is 2.42. The van der Waals surface area contributed by atoms with E-state index in [1.165, 1.54) is 25.7 Å². The lowest BCUT2D eigenvalue weighted by atomic mass is 9.98. The molecule has 0 aromatic rings. The minimum absolute atomic E-state index is 0.000273. The molecule has 1 fully saturated rings. The topological polar surface area (TPSA) is 821 Å². The van der Waals surface area contributed by atoms with Gasteiger partial charge in [0.2, 0.25) is 112 Å². The quantitative estimate of drug-likeness (QED) is 0.0153. The SMILES string of the molecule is CC(C)C[C@H](NC(=O)[C@H](CCCNC(=N)N)NC(=O)[C@@H](NC(=O)[C@H](CO)NC(=O)[C@H](C)NC(=O)CNC(=O)[C@@H]1CCCN1C(=O)[C@H](CCCCN)NC(=O)[C@@H](NC(=O)[C@H](CC(C)C)NC(=O)[C@H](CCC(=O)O)NC(=O)[C@H](C)NC(=O)CNC(=O)[C@H](CO)NC(=O)[C@H](CCC(N)=O)NC(=O)[C@H](CCC(N)=O)NC(=O)[C@@H](N)CC(C)C)C(C)C)C(C)C)C(=O)N[C@@H](CO)C(=O)O. The van der Waals surface area contributed by atoms with Crippen LogP contribution in [0.3, 0.4) is 0 Å². The van der Waals surface area contributed by atoms with E-state index >= 15 is 0 Å². The van der Waals surface area contributed by atoms with E-state index in [0.29, 0.717) is 6.42 Å². The van der Waals surface area contributed by atoms with Gasteiger partial charge >= 0.3 is 11.9 Å². The van der Waals surface area contributed by atoms with E-state index in [-0.39, 0.29) is 102 Å². The average Bonchev–Trinajstić information content (AvgIpc) is 1.71. The van der Waals surface area contributed by atoms with Gasteiger partial charge in [-0.2, -0.15) is 0 Å². The first-order valence-electron chi connectivity index (χ1n) is 42.8. The number of carbonyl (C=O) groups excluding carboxylic acids is 19. The van der Waals surface area contributed by atoms with Crippen molar-refractivity contribution >= 4 is 130 Å². The van der Waals surface area contributed by atoms with Crippen LogP contribution >= 0.6 is 0 Å². The van der Waals surface area contributed by atoms with Crippen molar-refractivity contribution < 1.29 is 126 Å². The van der Waals surface area contributed by atoms with Crippen LogP contribution in [0, 0.1) is 35.0 Å². The van der Waals surface area contributed by atoms with Gasteiger partial charge in [-0.05, 0) is 133 Å². The lowest BCUT2D eigenvalue weighted by Gasteiger charge is -2.31. The summed E-state index contributed by atoms with van der Waals surface area (Å²) in [4.78, 5) is 282. The van der Waals surface area contributed by atoms with E-state index in [9.17, 15) is 126 Å². The molecule has 0 spiro atoms. The van der Waals surface area contributed by atoms with E-state index in [1.807, 2.05) is 0 Å². The van der Waals surface area contributed by atoms with Crippen LogP contribution < -0.4 is 119 Å². The largest absolute Gasteiger partial charge is 0.481 e. The highest BCUT2D eigenvalue weighted by Crippen LogP contribution is 2.22. The van der Waals surface area contributed by atoms with E-state index in [2.05, 4.69) is 90.4 Å². The molecular formula is C79H138N24O26. The van der Waals surface area contributed by atoms with Crippen LogP contribution in [0.2, 0.25) is 0 Å². The average molecular weight is 1840 g/mol. The Bertz CT molecular complexity index is 3850. The van der Waals surface area contributed by atoms with Crippen molar-refractivity contribution in [2.45, 2.75) is 282 Å². The number of guanidine groups is 1. The minimum atomic E-state index is -1.84. The number of carbonyl (C=O) groups is 21. The van der Waals surface area contributed by atoms with E-state index in [1.54, 1.807) is 55.4 Å². The second-order valence-corrected chi connectivity index (χ2v) is 33.4. The number of aliphatic carboxylic acids is 2. The lowest BCUT2D eigenvalue weighted by molar-refractivity contribution is -0.143. The molecule has 1 saturated heterocycles. The smallest absolute Gasteiger partial charge is 0.328 e. The second kappa shape index (κ2) is 59.1. The van der Waals surface area contributed by atoms with Gasteiger partial charge in [0.05, 0.1) is 39.0 Å². The third kappa shape index (κ3) is 44.0. The van der Waals surface area contributed by atoms with Gasteiger partial charge in [0.15, 0.2) is 5.96 Å². The van der Waals surface area contributed by atoms with Gasteiger partial charge in [-0.1, -0.05) is 69.2 Å². The van der Waals surface area contributed by atoms with Crippen molar-refractivity contribution in [3.8, 4) is 0 Å². The van der Waals surface area contributed by atoms with E-state index in [0.717, 1.165) is 6.92 Å². The predicted molar refractivity (Wildman–Crippen MR) is 460 cm³/mol. The molecule has 0 aromatic heterocycles. The maximum Gasteiger partial charge on any atom is 0.328 e. The van der Waals surface area contributed by atoms with Crippen LogP contribution in [-0.4, -0.2) is 310 Å². The van der Waals surface area contributed by atoms with Crippen LogP contribution in [0.1, 0.15) is 186 Å². The molecule has 1 aliphatic heterocycles. The Labute approximate surface area is 747 Å². The Morgan fingerprint density at radius 1 is 0.380 bits per heavy atom. The van der Waals surface area contributed by atoms with Gasteiger partial charge in [-0.3, -0.25) is 101 Å². The third-order valence-electron chi connectivity index (χ3n) is 20.0. The maximum atomic E-state index is 14.6. The number of amides is 19. The van der Waals surface area contributed by atoms with Gasteiger partial charge in [-0.15, -0.1) is 0 Å². The number of nitrogens with two attached hydrogens (primary N) is 5. The molecule has 16 atom stereocenters. The summed E-state index contributed by atoms with van der Waals surface area (Å²) in [6, 6.07) is -24.0. The lowest BCUT2D eigenvalue weighted by Crippen LogP contribution is -2.61. The number of hydrogen-bond donors (Lipinski definition) is 28. The number of aliphatic hydroxyl groups is 3. The molecule has 0 radical (unpaired) electrons. The van der Waals surface area contributed by atoms with Gasteiger partial charge in [-0.25, -0.2) is 4.79 Å². The van der Waals surface area contributed by atoms with Gasteiger partial charge in [0.1, 0.15) is 90.6 Å². The van der Waals surface area contributed by atoms with Crippen molar-refractivity contribution in [1.29, 1.82) is 5.41 Å². The Hall–Kier alpha value is -12.1. The zero-order valence-corrected chi connectivity index (χ0v) is 75.2. The molecule has 0 aromatic carbocycles. The third-order valence-corrected chi connectivity index (χ3v) is 20.0. The Morgan fingerprint density at radius 2 is 0.736 bits per heavy atom. The molecule has 129 heavy (non-hydrogen) atoms. The summed E-state index contributed by atoms with van der Waals surface area (Å²) in [7, 11) is 0. The Morgan fingerprint density at radius 3 is 1.16 bits per heavy atom. The first-order valence-corrected chi connectivity index (χ1v) is 42.8. The summed E-state index contributed by atoms with van der Waals surface area (Å²) in [6.45, 7) is 14.3. The van der Waals surface area contributed by atoms with Crippen LogP contribution in [0.5, 0.6) is 0 Å². The summed E-state index contributed by atoms with van der Waals surface area (Å²) in [5.74, 6) is -23.9. The number of nitrogens with zero attached hydrogens (tertiary/aromatic N) is 1. The van der Waals surface area contributed by atoms with Crippen molar-refractivity contribution in [1.82, 2.24) is 95.3 Å². The van der Waals surface area contributed by atoms with Crippen LogP contribution in [0.15, 0.2) is 0 Å². The molecule has 50 heteroatoms. The van der Waals surface area contributed by atoms with Crippen molar-refractivity contribution in [3.05, 3.63) is 0 Å². The molecule has 0 unspecified atom stereocenters. The number of carboxylic acids is 2. The molecule has 1 aliphatic rings. The van der Waals surface area contributed by atoms with Crippen molar-refractivity contribution in [2.24, 2.45) is 58.3 Å². The van der Waals surface area contributed by atoms with Crippen molar-refractivity contribution in [2.75, 3.05) is 52.5 Å².